The van der Waals surface area contributed by atoms with Crippen molar-refractivity contribution in [3.8, 4) is 0 Å². The highest BCUT2D eigenvalue weighted by molar-refractivity contribution is 7.85. The lowest BCUT2D eigenvalue weighted by Gasteiger charge is -1.95. The Morgan fingerprint density at radius 3 is 2.20 bits per heavy atom. The molecular weight excluding hydrogens is 274 g/mol. The number of aromatic nitrogens is 1. The van der Waals surface area contributed by atoms with Crippen molar-refractivity contribution in [3.63, 3.8) is 0 Å². The predicted octanol–water partition coefficient (Wildman–Crippen LogP) is 3.28. The summed E-state index contributed by atoms with van der Waals surface area (Å²) in [6, 6.07) is 12.0. The van der Waals surface area contributed by atoms with E-state index in [-0.39, 0.29) is 4.90 Å². The molecule has 1 N–H and O–H groups in total. The van der Waals surface area contributed by atoms with Crippen LogP contribution < -0.4 is 0 Å². The number of rotatable bonds is 3. The minimum absolute atomic E-state index is 0.0666. The summed E-state index contributed by atoms with van der Waals surface area (Å²) in [4.78, 5) is 4.10. The number of hydrogen-bond donors (Lipinski definition) is 1. The molecule has 0 amide bonds. The Labute approximate surface area is 120 Å². The molecule has 1 heterocycles. The summed E-state index contributed by atoms with van der Waals surface area (Å²) in [6.07, 6.45) is 4.11. The van der Waals surface area contributed by atoms with Crippen molar-refractivity contribution >= 4 is 10.1 Å². The molecule has 0 saturated carbocycles. The van der Waals surface area contributed by atoms with Gasteiger partial charge in [0.25, 0.3) is 10.1 Å². The lowest BCUT2D eigenvalue weighted by Crippen LogP contribution is -1.96. The smallest absolute Gasteiger partial charge is 0.282 e. The van der Waals surface area contributed by atoms with Gasteiger partial charge in [0.15, 0.2) is 0 Å². The second-order valence-corrected chi connectivity index (χ2v) is 5.78. The first-order chi connectivity index (χ1) is 9.43. The molecule has 0 spiro atoms. The molecule has 1 aromatic carbocycles. The third-order valence-corrected chi connectivity index (χ3v) is 3.42. The van der Waals surface area contributed by atoms with Crippen molar-refractivity contribution < 1.29 is 13.0 Å². The van der Waals surface area contributed by atoms with Crippen LogP contribution in [0.5, 0.6) is 0 Å². The fourth-order valence-corrected chi connectivity index (χ4v) is 1.99. The van der Waals surface area contributed by atoms with Crippen molar-refractivity contribution in [2.75, 3.05) is 0 Å². The number of aryl methyl sites for hydroxylation is 2. The van der Waals surface area contributed by atoms with E-state index < -0.39 is 10.1 Å². The van der Waals surface area contributed by atoms with Crippen LogP contribution in [0.15, 0.2) is 53.6 Å². The maximum absolute atomic E-state index is 10.5. The van der Waals surface area contributed by atoms with E-state index in [4.69, 9.17) is 4.55 Å². The Morgan fingerprint density at radius 1 is 1.10 bits per heavy atom. The molecule has 20 heavy (non-hydrogen) atoms. The van der Waals surface area contributed by atoms with Gasteiger partial charge in [0.1, 0.15) is 0 Å². The average molecular weight is 293 g/mol. The Hall–Kier alpha value is -1.72. The number of nitrogens with zero attached hydrogens (tertiary/aromatic N) is 1. The summed E-state index contributed by atoms with van der Waals surface area (Å²) in [6.45, 7) is 4.00. The Morgan fingerprint density at radius 2 is 1.75 bits per heavy atom. The van der Waals surface area contributed by atoms with Crippen LogP contribution in [0.25, 0.3) is 0 Å². The molecule has 0 atom stereocenters. The second kappa shape index (κ2) is 7.77. The molecule has 0 radical (unpaired) electrons. The molecule has 1 aromatic heterocycles. The van der Waals surface area contributed by atoms with Gasteiger partial charge >= 0.3 is 0 Å². The van der Waals surface area contributed by atoms with Crippen molar-refractivity contribution in [1.29, 1.82) is 0 Å². The largest absolute Gasteiger partial charge is 0.294 e. The maximum atomic E-state index is 10.5. The van der Waals surface area contributed by atoms with Gasteiger partial charge in [0.2, 0.25) is 0 Å². The number of benzene rings is 1. The van der Waals surface area contributed by atoms with Crippen molar-refractivity contribution in [1.82, 2.24) is 4.98 Å². The van der Waals surface area contributed by atoms with Crippen LogP contribution in [0.1, 0.15) is 24.6 Å². The van der Waals surface area contributed by atoms with E-state index in [0.29, 0.717) is 0 Å². The van der Waals surface area contributed by atoms with Gasteiger partial charge < -0.3 is 0 Å². The first-order valence-electron chi connectivity index (χ1n) is 6.37. The quantitative estimate of drug-likeness (QED) is 0.882. The van der Waals surface area contributed by atoms with E-state index in [1.54, 1.807) is 12.1 Å². The maximum Gasteiger partial charge on any atom is 0.294 e. The monoisotopic (exact) mass is 293 g/mol. The molecule has 5 heteroatoms. The predicted molar refractivity (Wildman–Crippen MR) is 79.2 cm³/mol. The summed E-state index contributed by atoms with van der Waals surface area (Å²) in [5, 5.41) is 0. The topological polar surface area (TPSA) is 67.3 Å². The van der Waals surface area contributed by atoms with Gasteiger partial charge in [-0.05, 0) is 37.6 Å². The highest BCUT2D eigenvalue weighted by atomic mass is 32.2. The normalized spacial score (nSPS) is 10.6. The van der Waals surface area contributed by atoms with Gasteiger partial charge in [-0.25, -0.2) is 0 Å². The second-order valence-electron chi connectivity index (χ2n) is 4.36. The fraction of sp³-hybridized carbons (Fsp3) is 0.267. The zero-order chi connectivity index (χ0) is 15.0. The van der Waals surface area contributed by atoms with E-state index in [1.807, 2.05) is 25.3 Å². The molecule has 108 valence electrons. The van der Waals surface area contributed by atoms with E-state index in [0.717, 1.165) is 12.0 Å². The molecule has 2 aromatic rings. The van der Waals surface area contributed by atoms with Gasteiger partial charge in [-0.15, -0.1) is 0 Å². The third kappa shape index (κ3) is 5.95. The summed E-state index contributed by atoms with van der Waals surface area (Å²) in [5.41, 5.74) is 2.15. The first kappa shape index (κ1) is 16.3. The molecule has 0 aliphatic carbocycles. The van der Waals surface area contributed by atoms with Gasteiger partial charge in [-0.3, -0.25) is 9.54 Å². The minimum Gasteiger partial charge on any atom is -0.282 e. The highest BCUT2D eigenvalue weighted by Crippen LogP contribution is 2.08. The lowest BCUT2D eigenvalue weighted by atomic mass is 10.2. The zero-order valence-corrected chi connectivity index (χ0v) is 12.5. The lowest BCUT2D eigenvalue weighted by molar-refractivity contribution is 0.483. The van der Waals surface area contributed by atoms with Crippen LogP contribution in [0, 0.1) is 6.92 Å². The van der Waals surface area contributed by atoms with Crippen LogP contribution in [0.2, 0.25) is 0 Å². The van der Waals surface area contributed by atoms with E-state index in [2.05, 4.69) is 18.0 Å². The minimum atomic E-state index is -4.02. The van der Waals surface area contributed by atoms with Crippen molar-refractivity contribution in [3.05, 3.63) is 59.9 Å². The molecule has 2 rings (SSSR count). The summed E-state index contributed by atoms with van der Waals surface area (Å²) in [7, 11) is -4.02. The molecule has 4 nitrogen and oxygen atoms in total. The van der Waals surface area contributed by atoms with Crippen LogP contribution in [-0.4, -0.2) is 18.0 Å². The summed E-state index contributed by atoms with van der Waals surface area (Å²) >= 11 is 0. The SMILES string of the molecule is CCCc1ccccn1.Cc1ccc(S(=O)(=O)O)cc1. The van der Waals surface area contributed by atoms with Crippen LogP contribution in [-0.2, 0) is 16.5 Å². The van der Waals surface area contributed by atoms with Crippen molar-refractivity contribution in [2.45, 2.75) is 31.6 Å². The summed E-state index contributed by atoms with van der Waals surface area (Å²) in [5.74, 6) is 0. The Balaban J connectivity index is 0.000000204. The molecule has 0 fully saturated rings. The van der Waals surface area contributed by atoms with Crippen LogP contribution in [0.4, 0.5) is 0 Å². The van der Waals surface area contributed by atoms with E-state index >= 15 is 0 Å². The standard InChI is InChI=1S/C8H11N.C7H8O3S/c1-2-5-8-6-3-4-7-9-8;1-6-2-4-7(5-3-6)11(8,9)10/h3-4,6-7H,2,5H2,1H3;2-5H,1H3,(H,8,9,10). The number of pyridine rings is 1. The molecule has 0 unspecified atom stereocenters. The van der Waals surface area contributed by atoms with Gasteiger partial charge in [0.05, 0.1) is 4.90 Å². The van der Waals surface area contributed by atoms with E-state index in [9.17, 15) is 8.42 Å². The molecule has 0 saturated heterocycles. The van der Waals surface area contributed by atoms with Crippen LogP contribution in [0.3, 0.4) is 0 Å². The summed E-state index contributed by atoms with van der Waals surface area (Å²) < 4.78 is 29.6. The van der Waals surface area contributed by atoms with Gasteiger partial charge in [0, 0.05) is 11.9 Å². The van der Waals surface area contributed by atoms with Gasteiger partial charge in [-0.1, -0.05) is 37.1 Å². The third-order valence-electron chi connectivity index (χ3n) is 2.55. The molecule has 0 aliphatic heterocycles. The number of hydrogen-bond acceptors (Lipinski definition) is 3. The van der Waals surface area contributed by atoms with Crippen molar-refractivity contribution in [2.24, 2.45) is 0 Å². The fourth-order valence-electron chi connectivity index (χ4n) is 1.51. The Bertz CT molecular complexity index is 607. The Kier molecular flexibility index (Phi) is 6.35. The molecular formula is C15H19NO3S. The van der Waals surface area contributed by atoms with Crippen LogP contribution >= 0.6 is 0 Å². The molecule has 0 bridgehead atoms. The highest BCUT2D eigenvalue weighted by Gasteiger charge is 2.06. The first-order valence-corrected chi connectivity index (χ1v) is 7.81. The van der Waals surface area contributed by atoms with E-state index in [1.165, 1.54) is 24.2 Å². The average Bonchev–Trinajstić information content (AvgIpc) is 2.40. The molecule has 0 aliphatic rings. The van der Waals surface area contributed by atoms with Gasteiger partial charge in [-0.2, -0.15) is 8.42 Å². The zero-order valence-electron chi connectivity index (χ0n) is 11.7.